The van der Waals surface area contributed by atoms with Crippen molar-refractivity contribution in [2.24, 2.45) is 0 Å². The molecule has 0 saturated heterocycles. The van der Waals surface area contributed by atoms with Gasteiger partial charge in [0.25, 0.3) is 0 Å². The maximum atomic E-state index is 2.49. The Kier molecular flexibility index (Phi) is 7.62. The number of rotatable bonds is 6. The number of para-hydroxylation sites is 3. The Morgan fingerprint density at radius 1 is 0.345 bits per heavy atom. The molecule has 0 N–H and O–H groups in total. The average molecular weight is 775 g/mol. The first kappa shape index (κ1) is 33.2. The van der Waals surface area contributed by atoms with Gasteiger partial charge in [0, 0.05) is 62.4 Å². The van der Waals surface area contributed by atoms with E-state index in [0.717, 1.165) is 5.69 Å². The summed E-state index contributed by atoms with van der Waals surface area (Å²) in [5, 5.41) is 7.70. The summed E-state index contributed by atoms with van der Waals surface area (Å²) in [5.74, 6) is 0. The van der Waals surface area contributed by atoms with E-state index in [2.05, 4.69) is 216 Å². The van der Waals surface area contributed by atoms with E-state index in [4.69, 9.17) is 0 Å². The Morgan fingerprint density at radius 2 is 0.828 bits per heavy atom. The quantitative estimate of drug-likeness (QED) is 0.163. The van der Waals surface area contributed by atoms with Crippen molar-refractivity contribution >= 4 is 102 Å². The lowest BCUT2D eigenvalue weighted by atomic mass is 9.97. The fourth-order valence-corrected chi connectivity index (χ4v) is 11.3. The van der Waals surface area contributed by atoms with Crippen molar-refractivity contribution < 1.29 is 0 Å². The zero-order chi connectivity index (χ0) is 38.2. The maximum absolute atomic E-state index is 2.49. The summed E-state index contributed by atoms with van der Waals surface area (Å²) >= 11 is 3.73. The number of anilines is 3. The van der Waals surface area contributed by atoms with Crippen molar-refractivity contribution in [3.8, 4) is 27.9 Å². The summed E-state index contributed by atoms with van der Waals surface area (Å²) in [6.45, 7) is 0. The van der Waals surface area contributed by atoms with Gasteiger partial charge in [0.1, 0.15) is 0 Å². The van der Waals surface area contributed by atoms with Gasteiger partial charge in [-0.25, -0.2) is 0 Å². The van der Waals surface area contributed by atoms with Crippen molar-refractivity contribution in [3.05, 3.63) is 206 Å². The van der Waals surface area contributed by atoms with Crippen molar-refractivity contribution in [1.29, 1.82) is 0 Å². The Morgan fingerprint density at radius 3 is 1.45 bits per heavy atom. The molecule has 0 atom stereocenters. The summed E-state index contributed by atoms with van der Waals surface area (Å²) in [4.78, 5) is 2.49. The minimum atomic E-state index is 1.13. The van der Waals surface area contributed by atoms with Crippen LogP contribution in [0.15, 0.2) is 206 Å². The molecule has 0 radical (unpaired) electrons. The SMILES string of the molecule is c1cc(-c2ccc(N(c3cccc4sc5ccccc5c34)c3cccc4sc5ccccc5c34)cc2)cc(-c2ccccc2-n2c3ccccc3c3ccccc32)c1. The minimum absolute atomic E-state index is 1.13. The lowest BCUT2D eigenvalue weighted by Crippen LogP contribution is -2.10. The molecule has 0 amide bonds. The van der Waals surface area contributed by atoms with Crippen LogP contribution in [0.4, 0.5) is 17.1 Å². The van der Waals surface area contributed by atoms with E-state index in [0.29, 0.717) is 0 Å². The third-order valence-electron chi connectivity index (χ3n) is 11.6. The molecule has 0 bridgehead atoms. The fraction of sp³-hybridized carbons (Fsp3) is 0. The molecule has 12 rings (SSSR count). The van der Waals surface area contributed by atoms with Gasteiger partial charge in [-0.15, -0.1) is 22.7 Å². The normalized spacial score (nSPS) is 11.8. The second-order valence-electron chi connectivity index (χ2n) is 14.8. The van der Waals surface area contributed by atoms with Crippen molar-refractivity contribution in [2.75, 3.05) is 4.90 Å². The zero-order valence-corrected chi connectivity index (χ0v) is 33.0. The molecule has 3 heterocycles. The van der Waals surface area contributed by atoms with Gasteiger partial charge in [0.15, 0.2) is 0 Å². The van der Waals surface area contributed by atoms with Crippen molar-refractivity contribution in [2.45, 2.75) is 0 Å². The number of aromatic nitrogens is 1. The first-order valence-corrected chi connectivity index (χ1v) is 21.3. The predicted molar refractivity (Wildman–Crippen MR) is 252 cm³/mol. The van der Waals surface area contributed by atoms with E-state index in [-0.39, 0.29) is 0 Å². The van der Waals surface area contributed by atoms with Crippen LogP contribution in [0.2, 0.25) is 0 Å². The average Bonchev–Trinajstić information content (AvgIpc) is 3.97. The van der Waals surface area contributed by atoms with Gasteiger partial charge in [0.2, 0.25) is 0 Å². The first-order chi connectivity index (χ1) is 28.8. The first-order valence-electron chi connectivity index (χ1n) is 19.7. The molecule has 0 unspecified atom stereocenters. The van der Waals surface area contributed by atoms with Gasteiger partial charge in [-0.1, -0.05) is 133 Å². The summed E-state index contributed by atoms with van der Waals surface area (Å²) in [6.07, 6.45) is 0. The van der Waals surface area contributed by atoms with Gasteiger partial charge >= 0.3 is 0 Å². The van der Waals surface area contributed by atoms with Crippen LogP contribution in [0, 0.1) is 0 Å². The Balaban J connectivity index is 1.01. The van der Waals surface area contributed by atoms with Crippen molar-refractivity contribution in [3.63, 3.8) is 0 Å². The molecule has 9 aromatic carbocycles. The second kappa shape index (κ2) is 13.3. The fourth-order valence-electron chi connectivity index (χ4n) is 9.06. The van der Waals surface area contributed by atoms with Gasteiger partial charge in [0.05, 0.1) is 28.1 Å². The number of fused-ring (bicyclic) bond motifs is 9. The highest BCUT2D eigenvalue weighted by Gasteiger charge is 2.22. The lowest BCUT2D eigenvalue weighted by Gasteiger charge is -2.27. The number of benzene rings is 9. The van der Waals surface area contributed by atoms with Crippen LogP contribution in [0.25, 0.3) is 90.1 Å². The molecular formula is C54H34N2S2. The molecule has 3 aromatic heterocycles. The van der Waals surface area contributed by atoms with E-state index in [1.165, 1.54) is 101 Å². The smallest absolute Gasteiger partial charge is 0.0555 e. The van der Waals surface area contributed by atoms with Gasteiger partial charge in [-0.05, 0) is 89.5 Å². The molecule has 0 fully saturated rings. The topological polar surface area (TPSA) is 8.17 Å². The largest absolute Gasteiger partial charge is 0.309 e. The molecule has 272 valence electrons. The molecule has 0 spiro atoms. The van der Waals surface area contributed by atoms with Gasteiger partial charge < -0.3 is 9.47 Å². The third kappa shape index (κ3) is 5.16. The zero-order valence-electron chi connectivity index (χ0n) is 31.3. The van der Waals surface area contributed by atoms with Crippen LogP contribution >= 0.6 is 22.7 Å². The number of hydrogen-bond acceptors (Lipinski definition) is 3. The highest BCUT2D eigenvalue weighted by molar-refractivity contribution is 7.26. The van der Waals surface area contributed by atoms with Crippen LogP contribution < -0.4 is 4.90 Å². The van der Waals surface area contributed by atoms with Crippen LogP contribution in [0.5, 0.6) is 0 Å². The molecule has 0 aliphatic carbocycles. The Labute approximate surface area is 343 Å². The molecule has 12 aromatic rings. The number of nitrogens with zero attached hydrogens (tertiary/aromatic N) is 2. The van der Waals surface area contributed by atoms with Crippen LogP contribution in [-0.2, 0) is 0 Å². The lowest BCUT2D eigenvalue weighted by molar-refractivity contribution is 1.18. The molecular weight excluding hydrogens is 741 g/mol. The van der Waals surface area contributed by atoms with E-state index in [1.807, 2.05) is 22.7 Å². The monoisotopic (exact) mass is 774 g/mol. The van der Waals surface area contributed by atoms with Crippen molar-refractivity contribution in [1.82, 2.24) is 4.57 Å². The van der Waals surface area contributed by atoms with Crippen LogP contribution in [-0.4, -0.2) is 4.57 Å². The molecule has 2 nitrogen and oxygen atoms in total. The van der Waals surface area contributed by atoms with E-state index in [9.17, 15) is 0 Å². The van der Waals surface area contributed by atoms with E-state index >= 15 is 0 Å². The van der Waals surface area contributed by atoms with E-state index in [1.54, 1.807) is 0 Å². The molecule has 0 saturated carbocycles. The number of hydrogen-bond donors (Lipinski definition) is 0. The minimum Gasteiger partial charge on any atom is -0.309 e. The Bertz CT molecular complexity index is 3360. The summed E-state index contributed by atoms with van der Waals surface area (Å²) < 4.78 is 7.62. The maximum Gasteiger partial charge on any atom is 0.0555 e. The van der Waals surface area contributed by atoms with Gasteiger partial charge in [-0.3, -0.25) is 0 Å². The Hall–Kier alpha value is -6.98. The van der Waals surface area contributed by atoms with E-state index < -0.39 is 0 Å². The second-order valence-corrected chi connectivity index (χ2v) is 17.0. The summed E-state index contributed by atoms with van der Waals surface area (Å²) in [6, 6.07) is 75.6. The molecule has 4 heteroatoms. The summed E-state index contributed by atoms with van der Waals surface area (Å²) in [5.41, 5.74) is 11.9. The summed E-state index contributed by atoms with van der Waals surface area (Å²) in [7, 11) is 0. The van der Waals surface area contributed by atoms with Gasteiger partial charge in [-0.2, -0.15) is 0 Å². The molecule has 0 aliphatic rings. The highest BCUT2D eigenvalue weighted by Crippen LogP contribution is 2.49. The van der Waals surface area contributed by atoms with Crippen LogP contribution in [0.3, 0.4) is 0 Å². The highest BCUT2D eigenvalue weighted by atomic mass is 32.1. The third-order valence-corrected chi connectivity index (χ3v) is 13.9. The predicted octanol–water partition coefficient (Wildman–Crippen LogP) is 16.3. The standard InChI is InChI=1S/C54H34N2S2/c1-6-21-44(56-45-22-7-2-17-40(45)41-18-3-8-23-46(41)56)39(16-1)37-15-11-14-36(34-37)35-30-32-38(33-31-35)55(47-24-12-28-51-53(47)42-19-4-9-26-49(42)57-51)48-25-13-29-52-54(48)43-20-5-10-27-50(43)58-52/h1-34H. The molecule has 58 heavy (non-hydrogen) atoms. The molecule has 0 aliphatic heterocycles. The number of thiophene rings is 2. The van der Waals surface area contributed by atoms with Crippen LogP contribution in [0.1, 0.15) is 0 Å².